The van der Waals surface area contributed by atoms with Crippen molar-refractivity contribution < 1.29 is 14.3 Å². The number of aliphatic hydroxyl groups is 1. The molecule has 1 atom stereocenters. The number of benzene rings is 2. The minimum absolute atomic E-state index is 0.193. The van der Waals surface area contributed by atoms with Crippen molar-refractivity contribution in [1.29, 1.82) is 0 Å². The molecule has 0 bridgehead atoms. The van der Waals surface area contributed by atoms with E-state index in [9.17, 15) is 14.3 Å². The molecule has 1 saturated heterocycles. The molecule has 1 fully saturated rings. The van der Waals surface area contributed by atoms with Gasteiger partial charge in [0.2, 0.25) is 0 Å². The molecule has 1 aromatic heterocycles. The van der Waals surface area contributed by atoms with E-state index in [0.717, 1.165) is 48.4 Å². The third-order valence-electron chi connectivity index (χ3n) is 6.77. The number of halogens is 1. The van der Waals surface area contributed by atoms with Gasteiger partial charge in [-0.15, -0.1) is 0 Å². The van der Waals surface area contributed by atoms with Gasteiger partial charge in [-0.2, -0.15) is 0 Å². The van der Waals surface area contributed by atoms with Crippen molar-refractivity contribution in [1.82, 2.24) is 9.88 Å². The van der Waals surface area contributed by atoms with E-state index in [4.69, 9.17) is 0 Å². The Labute approximate surface area is 192 Å². The molecular weight excluding hydrogens is 417 g/mol. The quantitative estimate of drug-likeness (QED) is 0.501. The summed E-state index contributed by atoms with van der Waals surface area (Å²) in [4.78, 5) is 18.7. The van der Waals surface area contributed by atoms with Gasteiger partial charge in [-0.25, -0.2) is 4.39 Å². The first-order valence-electron chi connectivity index (χ1n) is 11.4. The van der Waals surface area contributed by atoms with Crippen molar-refractivity contribution in [3.8, 4) is 11.1 Å². The number of β-amino-alcohol motifs (C(OH)–C–C–N with tert-alkyl or cyclic N) is 1. The zero-order valence-corrected chi connectivity index (χ0v) is 18.9. The number of amides is 1. The van der Waals surface area contributed by atoms with Crippen LogP contribution in [-0.4, -0.2) is 40.1 Å². The van der Waals surface area contributed by atoms with Gasteiger partial charge in [0, 0.05) is 41.3 Å². The molecule has 2 aromatic carbocycles. The van der Waals surface area contributed by atoms with E-state index in [1.807, 2.05) is 31.2 Å². The molecule has 5 nitrogen and oxygen atoms in total. The fraction of sp³-hybridized carbons (Fsp3) is 0.296. The summed E-state index contributed by atoms with van der Waals surface area (Å²) in [6.07, 6.45) is 3.46. The lowest BCUT2D eigenvalue weighted by Crippen LogP contribution is -2.37. The maximum absolute atomic E-state index is 14.6. The molecule has 3 aromatic rings. The monoisotopic (exact) mass is 445 g/mol. The Balaban J connectivity index is 1.55. The highest BCUT2D eigenvalue weighted by Gasteiger charge is 2.29. The Hall–Kier alpha value is -3.22. The number of H-pyrrole nitrogens is 1. The van der Waals surface area contributed by atoms with E-state index in [0.29, 0.717) is 28.9 Å². The molecule has 2 aliphatic rings. The highest BCUT2D eigenvalue weighted by atomic mass is 19.1. The van der Waals surface area contributed by atoms with Crippen molar-refractivity contribution in [2.45, 2.75) is 39.3 Å². The van der Waals surface area contributed by atoms with E-state index < -0.39 is 0 Å². The summed E-state index contributed by atoms with van der Waals surface area (Å²) in [6.45, 7) is 6.51. The molecule has 0 aliphatic carbocycles. The number of fused-ring (bicyclic) bond motifs is 1. The molecule has 0 saturated carbocycles. The lowest BCUT2D eigenvalue weighted by molar-refractivity contribution is -0.110. The second kappa shape index (κ2) is 8.61. The van der Waals surface area contributed by atoms with Crippen LogP contribution in [0.15, 0.2) is 42.5 Å². The Morgan fingerprint density at radius 3 is 2.73 bits per heavy atom. The second-order valence-corrected chi connectivity index (χ2v) is 9.02. The highest BCUT2D eigenvalue weighted by molar-refractivity contribution is 6.36. The molecule has 0 radical (unpaired) electrons. The molecule has 1 unspecified atom stereocenters. The summed E-state index contributed by atoms with van der Waals surface area (Å²) in [6, 6.07) is 12.2. The van der Waals surface area contributed by atoms with Gasteiger partial charge in [-0.3, -0.25) is 9.69 Å². The molecular formula is C27H28FN3O2. The summed E-state index contributed by atoms with van der Waals surface area (Å²) in [7, 11) is 0. The Kier molecular flexibility index (Phi) is 5.64. The van der Waals surface area contributed by atoms with E-state index in [-0.39, 0.29) is 17.8 Å². The van der Waals surface area contributed by atoms with Gasteiger partial charge < -0.3 is 15.4 Å². The molecule has 170 valence electrons. The Morgan fingerprint density at radius 1 is 1.15 bits per heavy atom. The van der Waals surface area contributed by atoms with Gasteiger partial charge >= 0.3 is 0 Å². The number of hydrogen-bond donors (Lipinski definition) is 3. The van der Waals surface area contributed by atoms with Crippen LogP contribution in [0.3, 0.4) is 0 Å². The lowest BCUT2D eigenvalue weighted by atomic mass is 9.93. The lowest BCUT2D eigenvalue weighted by Gasteiger charge is -2.30. The van der Waals surface area contributed by atoms with Crippen LogP contribution in [0, 0.1) is 19.7 Å². The second-order valence-electron chi connectivity index (χ2n) is 9.02. The van der Waals surface area contributed by atoms with Crippen molar-refractivity contribution in [3.63, 3.8) is 0 Å². The standard InChI is InChI=1S/C27H28FN3O2/c1-16-22(15-31-12-6-7-18(32)14-31)17(2)29-25(16)13-21-26-20(19-8-3-4-10-23(19)28)9-5-11-24(26)30-27(21)33/h3-5,8-11,13,18,29,32H,6-7,12,14-15H2,1-2H3,(H,30,33)/b21-13-. The number of aliphatic hydroxyl groups excluding tert-OH is 1. The van der Waals surface area contributed by atoms with Gasteiger partial charge in [-0.1, -0.05) is 30.3 Å². The van der Waals surface area contributed by atoms with E-state index in [2.05, 4.69) is 22.1 Å². The fourth-order valence-corrected chi connectivity index (χ4v) is 5.03. The van der Waals surface area contributed by atoms with Gasteiger partial charge in [0.25, 0.3) is 5.91 Å². The number of nitrogens with zero attached hydrogens (tertiary/aromatic N) is 1. The highest BCUT2D eigenvalue weighted by Crippen LogP contribution is 2.41. The summed E-state index contributed by atoms with van der Waals surface area (Å²) in [5.41, 5.74) is 7.31. The number of aryl methyl sites for hydroxylation is 1. The minimum atomic E-state index is -0.317. The van der Waals surface area contributed by atoms with Crippen LogP contribution < -0.4 is 5.32 Å². The predicted octanol–water partition coefficient (Wildman–Crippen LogP) is 4.89. The van der Waals surface area contributed by atoms with Crippen LogP contribution in [0.5, 0.6) is 0 Å². The Bertz CT molecular complexity index is 1260. The topological polar surface area (TPSA) is 68.4 Å². The summed E-state index contributed by atoms with van der Waals surface area (Å²) < 4.78 is 14.6. The third kappa shape index (κ3) is 4.01. The molecule has 1 amide bonds. The average Bonchev–Trinajstić information content (AvgIpc) is 3.25. The summed E-state index contributed by atoms with van der Waals surface area (Å²) in [5.74, 6) is -0.511. The third-order valence-corrected chi connectivity index (χ3v) is 6.77. The number of aromatic nitrogens is 1. The average molecular weight is 446 g/mol. The van der Waals surface area contributed by atoms with Gasteiger partial charge in [0.05, 0.1) is 11.7 Å². The molecule has 5 rings (SSSR count). The van der Waals surface area contributed by atoms with Crippen LogP contribution in [-0.2, 0) is 11.3 Å². The predicted molar refractivity (Wildman–Crippen MR) is 129 cm³/mol. The Morgan fingerprint density at radius 2 is 1.94 bits per heavy atom. The zero-order valence-electron chi connectivity index (χ0n) is 18.9. The zero-order chi connectivity index (χ0) is 23.1. The number of hydrogen-bond acceptors (Lipinski definition) is 3. The number of anilines is 1. The molecule has 6 heteroatoms. The van der Waals surface area contributed by atoms with Crippen molar-refractivity contribution in [2.24, 2.45) is 0 Å². The largest absolute Gasteiger partial charge is 0.392 e. The number of carbonyl (C=O) groups is 1. The number of rotatable bonds is 4. The van der Waals surface area contributed by atoms with E-state index >= 15 is 0 Å². The van der Waals surface area contributed by atoms with Crippen molar-refractivity contribution in [3.05, 3.63) is 76.4 Å². The first-order chi connectivity index (χ1) is 15.9. The van der Waals surface area contributed by atoms with Crippen LogP contribution >= 0.6 is 0 Å². The minimum Gasteiger partial charge on any atom is -0.392 e. The maximum atomic E-state index is 14.6. The normalized spacial score (nSPS) is 19.7. The number of likely N-dealkylation sites (tertiary alicyclic amines) is 1. The fourth-order valence-electron chi connectivity index (χ4n) is 5.03. The van der Waals surface area contributed by atoms with Crippen molar-refractivity contribution >= 4 is 23.2 Å². The first-order valence-corrected chi connectivity index (χ1v) is 11.4. The summed E-state index contributed by atoms with van der Waals surface area (Å²) >= 11 is 0. The van der Waals surface area contributed by atoms with Gasteiger partial charge in [0.15, 0.2) is 0 Å². The van der Waals surface area contributed by atoms with E-state index in [1.54, 1.807) is 18.2 Å². The molecule has 0 spiro atoms. The number of piperidine rings is 1. The van der Waals surface area contributed by atoms with Crippen molar-refractivity contribution in [2.75, 3.05) is 18.4 Å². The first kappa shape index (κ1) is 21.6. The van der Waals surface area contributed by atoms with Crippen LogP contribution in [0.2, 0.25) is 0 Å². The molecule has 33 heavy (non-hydrogen) atoms. The summed E-state index contributed by atoms with van der Waals surface area (Å²) in [5, 5.41) is 13.0. The number of nitrogens with one attached hydrogen (secondary N) is 2. The van der Waals surface area contributed by atoms with Gasteiger partial charge in [0.1, 0.15) is 5.82 Å². The van der Waals surface area contributed by atoms with Gasteiger partial charge in [-0.05, 0) is 68.1 Å². The maximum Gasteiger partial charge on any atom is 0.256 e. The molecule has 3 heterocycles. The van der Waals surface area contributed by atoms with Crippen LogP contribution in [0.4, 0.5) is 10.1 Å². The van der Waals surface area contributed by atoms with Crippen LogP contribution in [0.25, 0.3) is 22.8 Å². The van der Waals surface area contributed by atoms with E-state index in [1.165, 1.54) is 11.6 Å². The molecule has 2 aliphatic heterocycles. The van der Waals surface area contributed by atoms with Crippen LogP contribution in [0.1, 0.15) is 40.9 Å². The number of aromatic amines is 1. The SMILES string of the molecule is Cc1[nH]c(/C=C2\C(=O)Nc3cccc(-c4ccccc4F)c32)c(C)c1CN1CCCC(O)C1. The smallest absolute Gasteiger partial charge is 0.256 e. The molecule has 3 N–H and O–H groups in total. The number of carbonyl (C=O) groups excluding carboxylic acids is 1.